The number of aromatic amines is 2. The van der Waals surface area contributed by atoms with E-state index in [0.29, 0.717) is 23.0 Å². The van der Waals surface area contributed by atoms with Gasteiger partial charge in [-0.1, -0.05) is 6.92 Å². The van der Waals surface area contributed by atoms with E-state index < -0.39 is 11.1 Å². The number of nitrogens with one attached hydrogen (secondary N) is 2. The van der Waals surface area contributed by atoms with Crippen molar-refractivity contribution in [3.8, 4) is 0 Å². The molecule has 0 bridgehead atoms. The van der Waals surface area contributed by atoms with Crippen LogP contribution in [-0.2, 0) is 6.42 Å². The van der Waals surface area contributed by atoms with Gasteiger partial charge in [0.2, 0.25) is 5.78 Å². The van der Waals surface area contributed by atoms with Gasteiger partial charge < -0.3 is 14.4 Å². The van der Waals surface area contributed by atoms with E-state index in [-0.39, 0.29) is 11.5 Å². The van der Waals surface area contributed by atoms with Gasteiger partial charge in [0.05, 0.1) is 11.0 Å². The molecule has 106 valence electrons. The second-order valence-electron chi connectivity index (χ2n) is 4.62. The maximum atomic E-state index is 12.3. The first-order valence-electron chi connectivity index (χ1n) is 6.48. The summed E-state index contributed by atoms with van der Waals surface area (Å²) in [7, 11) is 0. The van der Waals surface area contributed by atoms with Gasteiger partial charge in [0.15, 0.2) is 5.76 Å². The number of aromatic nitrogens is 2. The lowest BCUT2D eigenvalue weighted by Crippen LogP contribution is -2.28. The van der Waals surface area contributed by atoms with Gasteiger partial charge in [0.1, 0.15) is 5.76 Å². The Bertz CT molecular complexity index is 946. The highest BCUT2D eigenvalue weighted by Gasteiger charge is 2.14. The fourth-order valence-corrected chi connectivity index (χ4v) is 2.09. The van der Waals surface area contributed by atoms with E-state index in [1.165, 1.54) is 6.07 Å². The van der Waals surface area contributed by atoms with Gasteiger partial charge in [0.25, 0.3) is 0 Å². The Hall–Kier alpha value is -2.89. The van der Waals surface area contributed by atoms with Gasteiger partial charge in [0, 0.05) is 12.0 Å². The predicted molar refractivity (Wildman–Crippen MR) is 76.7 cm³/mol. The van der Waals surface area contributed by atoms with E-state index in [9.17, 15) is 14.4 Å². The molecule has 0 aliphatic rings. The highest BCUT2D eigenvalue weighted by atomic mass is 16.3. The SMILES string of the molecule is CCc1ccc(C(=O)c2ccc3[nH]c(=O)c(=O)[nH]c3c2)o1. The third-order valence-corrected chi connectivity index (χ3v) is 3.22. The Morgan fingerprint density at radius 2 is 1.76 bits per heavy atom. The van der Waals surface area contributed by atoms with Crippen LogP contribution in [-0.4, -0.2) is 15.8 Å². The van der Waals surface area contributed by atoms with Crippen LogP contribution < -0.4 is 11.1 Å². The monoisotopic (exact) mass is 284 g/mol. The second-order valence-corrected chi connectivity index (χ2v) is 4.62. The first kappa shape index (κ1) is 13.1. The molecule has 2 aromatic heterocycles. The quantitative estimate of drug-likeness (QED) is 0.564. The Kier molecular flexibility index (Phi) is 3.06. The number of furan rings is 1. The van der Waals surface area contributed by atoms with Crippen LogP contribution in [0.4, 0.5) is 0 Å². The number of carbonyl (C=O) groups excluding carboxylic acids is 1. The zero-order valence-electron chi connectivity index (χ0n) is 11.2. The highest BCUT2D eigenvalue weighted by molar-refractivity contribution is 6.08. The topological polar surface area (TPSA) is 95.9 Å². The predicted octanol–water partition coefficient (Wildman–Crippen LogP) is 1.60. The molecule has 2 N–H and O–H groups in total. The number of hydrogen-bond donors (Lipinski definition) is 2. The smallest absolute Gasteiger partial charge is 0.314 e. The third kappa shape index (κ3) is 2.31. The first-order chi connectivity index (χ1) is 10.1. The summed E-state index contributed by atoms with van der Waals surface area (Å²) in [6.07, 6.45) is 0.708. The zero-order valence-corrected chi connectivity index (χ0v) is 11.2. The lowest BCUT2D eigenvalue weighted by Gasteiger charge is -2.01. The number of aryl methyl sites for hydroxylation is 1. The number of ketones is 1. The minimum absolute atomic E-state index is 0.248. The average Bonchev–Trinajstić information content (AvgIpc) is 2.96. The van der Waals surface area contributed by atoms with Gasteiger partial charge >= 0.3 is 11.1 Å². The summed E-state index contributed by atoms with van der Waals surface area (Å²) in [6, 6.07) is 8.05. The van der Waals surface area contributed by atoms with Crippen LogP contribution >= 0.6 is 0 Å². The average molecular weight is 284 g/mol. The number of carbonyl (C=O) groups is 1. The number of fused-ring (bicyclic) bond motifs is 1. The molecule has 0 saturated heterocycles. The Balaban J connectivity index is 2.08. The van der Waals surface area contributed by atoms with Gasteiger partial charge in [-0.25, -0.2) is 0 Å². The number of hydrogen-bond acceptors (Lipinski definition) is 4. The molecule has 1 aromatic carbocycles. The standard InChI is InChI=1S/C15H12N2O4/c1-2-9-4-6-12(21-9)13(18)8-3-5-10-11(7-8)17-15(20)14(19)16-10/h3-7H,2H2,1H3,(H,16,19)(H,17,20). The molecule has 0 fully saturated rings. The fraction of sp³-hybridized carbons (Fsp3) is 0.133. The molecule has 0 atom stereocenters. The lowest BCUT2D eigenvalue weighted by molar-refractivity contribution is 0.101. The number of benzene rings is 1. The molecular weight excluding hydrogens is 272 g/mol. The summed E-state index contributed by atoms with van der Waals surface area (Å²) in [5.41, 5.74) is -0.238. The summed E-state index contributed by atoms with van der Waals surface area (Å²) in [6.45, 7) is 1.93. The van der Waals surface area contributed by atoms with Crippen molar-refractivity contribution in [2.75, 3.05) is 0 Å². The Morgan fingerprint density at radius 3 is 2.43 bits per heavy atom. The molecule has 2 heterocycles. The molecule has 0 unspecified atom stereocenters. The van der Waals surface area contributed by atoms with Gasteiger partial charge in [-0.2, -0.15) is 0 Å². The van der Waals surface area contributed by atoms with Crippen LogP contribution in [0, 0.1) is 0 Å². The van der Waals surface area contributed by atoms with E-state index in [2.05, 4.69) is 9.97 Å². The van der Waals surface area contributed by atoms with Crippen molar-refractivity contribution < 1.29 is 9.21 Å². The van der Waals surface area contributed by atoms with Gasteiger partial charge in [-0.15, -0.1) is 0 Å². The van der Waals surface area contributed by atoms with E-state index in [1.54, 1.807) is 24.3 Å². The first-order valence-corrected chi connectivity index (χ1v) is 6.48. The third-order valence-electron chi connectivity index (χ3n) is 3.22. The molecule has 0 amide bonds. The summed E-state index contributed by atoms with van der Waals surface area (Å²) in [4.78, 5) is 39.7. The van der Waals surface area contributed by atoms with Crippen LogP contribution in [0.3, 0.4) is 0 Å². The van der Waals surface area contributed by atoms with E-state index in [1.807, 2.05) is 6.92 Å². The largest absolute Gasteiger partial charge is 0.458 e. The molecular formula is C15H12N2O4. The van der Waals surface area contributed by atoms with Crippen LogP contribution in [0.15, 0.2) is 44.3 Å². The van der Waals surface area contributed by atoms with Crippen LogP contribution in [0.5, 0.6) is 0 Å². The fourth-order valence-electron chi connectivity index (χ4n) is 2.09. The summed E-state index contributed by atoms with van der Waals surface area (Å²) >= 11 is 0. The maximum Gasteiger partial charge on any atom is 0.314 e. The Labute approximate surface area is 118 Å². The van der Waals surface area contributed by atoms with Gasteiger partial charge in [-0.05, 0) is 30.3 Å². The molecule has 0 saturated carbocycles. The van der Waals surface area contributed by atoms with Crippen molar-refractivity contribution in [1.29, 1.82) is 0 Å². The van der Waals surface area contributed by atoms with Crippen LogP contribution in [0.1, 0.15) is 28.8 Å². The minimum Gasteiger partial charge on any atom is -0.458 e. The molecule has 6 heteroatoms. The summed E-state index contributed by atoms with van der Waals surface area (Å²) < 4.78 is 5.42. The molecule has 3 aromatic rings. The van der Waals surface area contributed by atoms with Crippen LogP contribution in [0.2, 0.25) is 0 Å². The zero-order chi connectivity index (χ0) is 15.0. The molecule has 6 nitrogen and oxygen atoms in total. The summed E-state index contributed by atoms with van der Waals surface area (Å²) in [5.74, 6) is 0.707. The van der Waals surface area contributed by atoms with E-state index in [4.69, 9.17) is 4.42 Å². The molecule has 0 radical (unpaired) electrons. The molecule has 0 aliphatic heterocycles. The van der Waals surface area contributed by atoms with E-state index in [0.717, 1.165) is 5.76 Å². The lowest BCUT2D eigenvalue weighted by atomic mass is 10.1. The van der Waals surface area contributed by atoms with Crippen molar-refractivity contribution in [1.82, 2.24) is 9.97 Å². The second kappa shape index (κ2) is 4.90. The maximum absolute atomic E-state index is 12.3. The van der Waals surface area contributed by atoms with Crippen LogP contribution in [0.25, 0.3) is 11.0 Å². The van der Waals surface area contributed by atoms with E-state index >= 15 is 0 Å². The normalized spacial score (nSPS) is 10.9. The molecule has 21 heavy (non-hydrogen) atoms. The van der Waals surface area contributed by atoms with Crippen molar-refractivity contribution in [3.05, 3.63) is 68.1 Å². The highest BCUT2D eigenvalue weighted by Crippen LogP contribution is 2.16. The van der Waals surface area contributed by atoms with Crippen molar-refractivity contribution in [3.63, 3.8) is 0 Å². The van der Waals surface area contributed by atoms with Crippen molar-refractivity contribution >= 4 is 16.8 Å². The van der Waals surface area contributed by atoms with Gasteiger partial charge in [-0.3, -0.25) is 14.4 Å². The molecule has 0 aliphatic carbocycles. The van der Waals surface area contributed by atoms with Crippen molar-refractivity contribution in [2.24, 2.45) is 0 Å². The Morgan fingerprint density at radius 1 is 1.05 bits per heavy atom. The minimum atomic E-state index is -0.752. The molecule has 0 spiro atoms. The molecule has 3 rings (SSSR count). The number of rotatable bonds is 3. The number of H-pyrrole nitrogens is 2. The van der Waals surface area contributed by atoms with Crippen molar-refractivity contribution in [2.45, 2.75) is 13.3 Å². The summed E-state index contributed by atoms with van der Waals surface area (Å²) in [5, 5.41) is 0.